The second-order valence-electron chi connectivity index (χ2n) is 17.5. The van der Waals surface area contributed by atoms with E-state index in [9.17, 15) is 0 Å². The van der Waals surface area contributed by atoms with Gasteiger partial charge in [0.15, 0.2) is 17.5 Å². The molecule has 0 spiro atoms. The standard InChI is InChI=1S/C63H38N4O2/c1-4-16-39(17-5-1)41-28-30-43(31-29-41)62-64-61(42-20-8-3-9-21-42)65-63(66-62)45-37-51(58-49-24-12-15-27-56(49)68-57(58)38-45)59-54(35-33-48-47-23-11-14-26-55(47)69-60(48)59)67-52-25-13-10-22-46(52)50-36-44(32-34-53(50)67)40-18-6-2-7-19-40/h1-38H. The van der Waals surface area contributed by atoms with E-state index >= 15 is 0 Å². The average molecular weight is 883 g/mol. The highest BCUT2D eigenvalue weighted by atomic mass is 16.3. The van der Waals surface area contributed by atoms with Crippen LogP contribution in [-0.2, 0) is 0 Å². The lowest BCUT2D eigenvalue weighted by molar-refractivity contribution is 0.668. The van der Waals surface area contributed by atoms with Gasteiger partial charge in [-0.25, -0.2) is 15.0 Å². The molecule has 0 aliphatic heterocycles. The van der Waals surface area contributed by atoms with E-state index in [0.717, 1.165) is 105 Å². The molecule has 0 bridgehead atoms. The highest BCUT2D eigenvalue weighted by Crippen LogP contribution is 2.48. The van der Waals surface area contributed by atoms with Gasteiger partial charge in [0.25, 0.3) is 0 Å². The number of aromatic nitrogens is 4. The number of fused-ring (bicyclic) bond motifs is 9. The second kappa shape index (κ2) is 15.6. The molecule has 322 valence electrons. The van der Waals surface area contributed by atoms with Crippen LogP contribution in [0.25, 0.3) is 139 Å². The van der Waals surface area contributed by atoms with Gasteiger partial charge in [0.2, 0.25) is 0 Å². The van der Waals surface area contributed by atoms with Crippen LogP contribution in [0.1, 0.15) is 0 Å². The van der Waals surface area contributed by atoms with E-state index in [4.69, 9.17) is 23.8 Å². The maximum absolute atomic E-state index is 7.07. The van der Waals surface area contributed by atoms with Crippen molar-refractivity contribution in [3.63, 3.8) is 0 Å². The summed E-state index contributed by atoms with van der Waals surface area (Å²) in [6, 6.07) is 80.3. The molecule has 6 heteroatoms. The summed E-state index contributed by atoms with van der Waals surface area (Å²) in [6.45, 7) is 0. The molecule has 6 nitrogen and oxygen atoms in total. The fourth-order valence-corrected chi connectivity index (χ4v) is 10.2. The van der Waals surface area contributed by atoms with Gasteiger partial charge in [-0.1, -0.05) is 176 Å². The molecular formula is C63H38N4O2. The van der Waals surface area contributed by atoms with Gasteiger partial charge in [0.05, 0.1) is 16.7 Å². The van der Waals surface area contributed by atoms with E-state index in [1.807, 2.05) is 60.7 Å². The van der Waals surface area contributed by atoms with Crippen molar-refractivity contribution in [1.82, 2.24) is 19.5 Å². The Labute approximate surface area is 396 Å². The molecule has 14 aromatic rings. The maximum atomic E-state index is 7.07. The van der Waals surface area contributed by atoms with E-state index in [2.05, 4.69) is 174 Å². The number of nitrogens with zero attached hydrogens (tertiary/aromatic N) is 4. The molecule has 4 heterocycles. The molecule has 0 aliphatic carbocycles. The van der Waals surface area contributed by atoms with Crippen LogP contribution in [-0.4, -0.2) is 19.5 Å². The summed E-state index contributed by atoms with van der Waals surface area (Å²) in [6.07, 6.45) is 0. The summed E-state index contributed by atoms with van der Waals surface area (Å²) >= 11 is 0. The van der Waals surface area contributed by atoms with Crippen molar-refractivity contribution in [3.8, 4) is 73.2 Å². The molecule has 0 saturated carbocycles. The fraction of sp³-hybridized carbons (Fsp3) is 0. The lowest BCUT2D eigenvalue weighted by Gasteiger charge is -2.17. The Morgan fingerprint density at radius 1 is 0.304 bits per heavy atom. The first-order valence-corrected chi connectivity index (χ1v) is 23.2. The molecule has 14 rings (SSSR count). The summed E-state index contributed by atoms with van der Waals surface area (Å²) in [7, 11) is 0. The van der Waals surface area contributed by atoms with Gasteiger partial charge < -0.3 is 13.4 Å². The van der Waals surface area contributed by atoms with Crippen LogP contribution in [0.2, 0.25) is 0 Å². The Bertz CT molecular complexity index is 4290. The van der Waals surface area contributed by atoms with Crippen LogP contribution in [0.3, 0.4) is 0 Å². The molecule has 69 heavy (non-hydrogen) atoms. The van der Waals surface area contributed by atoms with Gasteiger partial charge in [-0.05, 0) is 82.4 Å². The Balaban J connectivity index is 1.06. The van der Waals surface area contributed by atoms with Crippen LogP contribution in [0, 0.1) is 0 Å². The third-order valence-electron chi connectivity index (χ3n) is 13.5. The van der Waals surface area contributed by atoms with Gasteiger partial charge in [-0.15, -0.1) is 0 Å². The predicted octanol–water partition coefficient (Wildman–Crippen LogP) is 16.8. The average Bonchev–Trinajstić information content (AvgIpc) is 4.10. The van der Waals surface area contributed by atoms with E-state index in [0.29, 0.717) is 23.1 Å². The Morgan fingerprint density at radius 2 is 0.812 bits per heavy atom. The molecular weight excluding hydrogens is 845 g/mol. The number of hydrogen-bond acceptors (Lipinski definition) is 5. The first kappa shape index (κ1) is 38.8. The molecule has 0 amide bonds. The number of furan rings is 2. The minimum atomic E-state index is 0.526. The monoisotopic (exact) mass is 882 g/mol. The lowest BCUT2D eigenvalue weighted by Crippen LogP contribution is -2.01. The van der Waals surface area contributed by atoms with E-state index < -0.39 is 0 Å². The topological polar surface area (TPSA) is 69.9 Å². The van der Waals surface area contributed by atoms with Crippen molar-refractivity contribution in [2.24, 2.45) is 0 Å². The molecule has 0 atom stereocenters. The van der Waals surface area contributed by atoms with Crippen LogP contribution in [0.4, 0.5) is 0 Å². The SMILES string of the molecule is c1ccc(-c2ccc(-c3nc(-c4ccccc4)nc(-c4cc(-c5c(-n6c7ccccc7c7cc(-c8ccccc8)ccc76)ccc6c5oc5ccccc56)c5c(c4)oc4ccccc45)n3)cc2)cc1. The van der Waals surface area contributed by atoms with Crippen molar-refractivity contribution in [3.05, 3.63) is 231 Å². The largest absolute Gasteiger partial charge is 0.456 e. The van der Waals surface area contributed by atoms with Crippen LogP contribution >= 0.6 is 0 Å². The first-order valence-electron chi connectivity index (χ1n) is 23.2. The zero-order chi connectivity index (χ0) is 45.4. The zero-order valence-corrected chi connectivity index (χ0v) is 37.0. The molecule has 0 saturated heterocycles. The van der Waals surface area contributed by atoms with Crippen molar-refractivity contribution in [2.45, 2.75) is 0 Å². The van der Waals surface area contributed by atoms with E-state index in [1.54, 1.807) is 0 Å². The van der Waals surface area contributed by atoms with Crippen LogP contribution < -0.4 is 0 Å². The van der Waals surface area contributed by atoms with Crippen molar-refractivity contribution in [1.29, 1.82) is 0 Å². The molecule has 0 fully saturated rings. The predicted molar refractivity (Wildman–Crippen MR) is 281 cm³/mol. The van der Waals surface area contributed by atoms with Crippen molar-refractivity contribution < 1.29 is 8.83 Å². The van der Waals surface area contributed by atoms with Gasteiger partial charge in [-0.3, -0.25) is 0 Å². The molecule has 0 aliphatic rings. The summed E-state index contributed by atoms with van der Waals surface area (Å²) in [5.41, 5.74) is 15.3. The Hall–Kier alpha value is -9.39. The number of para-hydroxylation sites is 3. The minimum Gasteiger partial charge on any atom is -0.456 e. The van der Waals surface area contributed by atoms with Crippen molar-refractivity contribution >= 4 is 65.7 Å². The molecule has 0 unspecified atom stereocenters. The lowest BCUT2D eigenvalue weighted by atomic mass is 9.93. The summed E-state index contributed by atoms with van der Waals surface area (Å²) in [5.74, 6) is 1.68. The molecule has 4 aromatic heterocycles. The van der Waals surface area contributed by atoms with Gasteiger partial charge >= 0.3 is 0 Å². The first-order chi connectivity index (χ1) is 34.2. The van der Waals surface area contributed by atoms with Crippen molar-refractivity contribution in [2.75, 3.05) is 0 Å². The summed E-state index contributed by atoms with van der Waals surface area (Å²) < 4.78 is 16.3. The van der Waals surface area contributed by atoms with Crippen LogP contribution in [0.5, 0.6) is 0 Å². The highest BCUT2D eigenvalue weighted by molar-refractivity contribution is 6.20. The normalized spacial score (nSPS) is 11.8. The number of hydrogen-bond donors (Lipinski definition) is 0. The Kier molecular flexibility index (Phi) is 8.79. The summed E-state index contributed by atoms with van der Waals surface area (Å²) in [5, 5.41) is 6.38. The maximum Gasteiger partial charge on any atom is 0.164 e. The van der Waals surface area contributed by atoms with Gasteiger partial charge in [0, 0.05) is 54.6 Å². The third-order valence-corrected chi connectivity index (χ3v) is 13.5. The Morgan fingerprint density at radius 3 is 1.52 bits per heavy atom. The molecule has 0 radical (unpaired) electrons. The minimum absolute atomic E-state index is 0.526. The summed E-state index contributed by atoms with van der Waals surface area (Å²) in [4.78, 5) is 15.7. The highest BCUT2D eigenvalue weighted by Gasteiger charge is 2.26. The van der Waals surface area contributed by atoms with Gasteiger partial charge in [0.1, 0.15) is 22.3 Å². The molecule has 0 N–H and O–H groups in total. The zero-order valence-electron chi connectivity index (χ0n) is 37.0. The smallest absolute Gasteiger partial charge is 0.164 e. The second-order valence-corrected chi connectivity index (χ2v) is 17.5. The number of benzene rings is 10. The fourth-order valence-electron chi connectivity index (χ4n) is 10.2. The van der Waals surface area contributed by atoms with E-state index in [1.165, 1.54) is 10.9 Å². The van der Waals surface area contributed by atoms with E-state index in [-0.39, 0.29) is 0 Å². The van der Waals surface area contributed by atoms with Crippen LogP contribution in [0.15, 0.2) is 239 Å². The molecule has 10 aromatic carbocycles. The number of rotatable bonds is 7. The van der Waals surface area contributed by atoms with Gasteiger partial charge in [-0.2, -0.15) is 0 Å². The quantitative estimate of drug-likeness (QED) is 0.159. The third kappa shape index (κ3) is 6.38.